The van der Waals surface area contributed by atoms with Crippen molar-refractivity contribution >= 4 is 15.7 Å². The van der Waals surface area contributed by atoms with Crippen LogP contribution in [-0.4, -0.2) is 57.4 Å². The van der Waals surface area contributed by atoms with E-state index >= 15 is 0 Å². The second-order valence-corrected chi connectivity index (χ2v) is 8.03. The molecule has 1 saturated heterocycles. The maximum atomic E-state index is 12.7. The SMILES string of the molecule is CN(C)C1CCN(S(=O)(=O)c2ccc3c(c2)NCC3)CC1. The molecule has 0 radical (unpaired) electrons. The molecule has 1 fully saturated rings. The number of hydrogen-bond donors (Lipinski definition) is 1. The highest BCUT2D eigenvalue weighted by Crippen LogP contribution is 2.28. The molecule has 6 heteroatoms. The van der Waals surface area contributed by atoms with Crippen LogP contribution in [-0.2, 0) is 16.4 Å². The van der Waals surface area contributed by atoms with Crippen LogP contribution in [0.25, 0.3) is 0 Å². The van der Waals surface area contributed by atoms with Gasteiger partial charge in [-0.2, -0.15) is 4.31 Å². The minimum Gasteiger partial charge on any atom is -0.384 e. The lowest BCUT2D eigenvalue weighted by atomic mass is 10.1. The molecule has 2 aliphatic heterocycles. The average molecular weight is 309 g/mol. The van der Waals surface area contributed by atoms with Crippen LogP contribution in [0, 0.1) is 0 Å². The highest BCUT2D eigenvalue weighted by atomic mass is 32.2. The maximum absolute atomic E-state index is 12.7. The predicted octanol–water partition coefficient (Wildman–Crippen LogP) is 1.37. The number of nitrogens with one attached hydrogen (secondary N) is 1. The molecule has 0 spiro atoms. The summed E-state index contributed by atoms with van der Waals surface area (Å²) in [5, 5.41) is 3.25. The van der Waals surface area contributed by atoms with Crippen LogP contribution < -0.4 is 5.32 Å². The quantitative estimate of drug-likeness (QED) is 0.916. The van der Waals surface area contributed by atoms with E-state index in [2.05, 4.69) is 24.3 Å². The topological polar surface area (TPSA) is 52.7 Å². The lowest BCUT2D eigenvalue weighted by Crippen LogP contribution is -2.44. The minimum absolute atomic E-state index is 0.416. The number of benzene rings is 1. The first-order valence-electron chi connectivity index (χ1n) is 7.52. The van der Waals surface area contributed by atoms with Gasteiger partial charge in [0.25, 0.3) is 0 Å². The van der Waals surface area contributed by atoms with Gasteiger partial charge in [0.1, 0.15) is 0 Å². The van der Waals surface area contributed by atoms with E-state index in [0.29, 0.717) is 24.0 Å². The molecular formula is C15H23N3O2S. The lowest BCUT2D eigenvalue weighted by molar-refractivity contribution is 0.196. The summed E-state index contributed by atoms with van der Waals surface area (Å²) in [4.78, 5) is 2.60. The number of anilines is 1. The smallest absolute Gasteiger partial charge is 0.243 e. The highest BCUT2D eigenvalue weighted by Gasteiger charge is 2.30. The Morgan fingerprint density at radius 3 is 2.62 bits per heavy atom. The molecule has 0 saturated carbocycles. The molecule has 2 heterocycles. The van der Waals surface area contributed by atoms with Crippen molar-refractivity contribution in [2.75, 3.05) is 39.0 Å². The Hall–Kier alpha value is -1.11. The van der Waals surface area contributed by atoms with Gasteiger partial charge in [-0.05, 0) is 51.1 Å². The number of fused-ring (bicyclic) bond motifs is 1. The van der Waals surface area contributed by atoms with Crippen molar-refractivity contribution in [3.05, 3.63) is 23.8 Å². The van der Waals surface area contributed by atoms with Crippen LogP contribution >= 0.6 is 0 Å². The van der Waals surface area contributed by atoms with Crippen LogP contribution in [0.1, 0.15) is 18.4 Å². The third-order valence-corrected chi connectivity index (χ3v) is 6.48. The highest BCUT2D eigenvalue weighted by molar-refractivity contribution is 7.89. The summed E-state index contributed by atoms with van der Waals surface area (Å²) in [6.45, 7) is 2.11. The molecule has 0 aromatic heterocycles. The van der Waals surface area contributed by atoms with E-state index < -0.39 is 10.0 Å². The molecule has 21 heavy (non-hydrogen) atoms. The molecule has 3 rings (SSSR count). The van der Waals surface area contributed by atoms with Gasteiger partial charge in [-0.25, -0.2) is 8.42 Å². The molecule has 1 aromatic carbocycles. The molecular weight excluding hydrogens is 286 g/mol. The molecule has 0 atom stereocenters. The van der Waals surface area contributed by atoms with Crippen LogP contribution in [0.3, 0.4) is 0 Å². The summed E-state index contributed by atoms with van der Waals surface area (Å²) in [6.07, 6.45) is 2.77. The van der Waals surface area contributed by atoms with Crippen molar-refractivity contribution in [3.63, 3.8) is 0 Å². The van der Waals surface area contributed by atoms with Gasteiger partial charge in [0, 0.05) is 31.4 Å². The number of piperidine rings is 1. The summed E-state index contributed by atoms with van der Waals surface area (Å²) in [7, 11) is 0.755. The van der Waals surface area contributed by atoms with Crippen molar-refractivity contribution in [2.24, 2.45) is 0 Å². The summed E-state index contributed by atoms with van der Waals surface area (Å²) in [6, 6.07) is 5.96. The Bertz CT molecular complexity index is 620. The molecule has 1 aromatic rings. The zero-order valence-electron chi connectivity index (χ0n) is 12.7. The third-order valence-electron chi connectivity index (χ3n) is 4.58. The predicted molar refractivity (Wildman–Crippen MR) is 84.1 cm³/mol. The van der Waals surface area contributed by atoms with E-state index in [1.54, 1.807) is 16.4 Å². The first-order valence-corrected chi connectivity index (χ1v) is 8.96. The van der Waals surface area contributed by atoms with E-state index in [1.165, 1.54) is 5.56 Å². The molecule has 0 bridgehead atoms. The van der Waals surface area contributed by atoms with Crippen LogP contribution in [0.4, 0.5) is 5.69 Å². The Labute approximate surface area is 127 Å². The van der Waals surface area contributed by atoms with E-state index in [0.717, 1.165) is 31.5 Å². The average Bonchev–Trinajstić information content (AvgIpc) is 2.94. The first-order chi connectivity index (χ1) is 9.98. The van der Waals surface area contributed by atoms with E-state index in [1.807, 2.05) is 6.07 Å². The van der Waals surface area contributed by atoms with Crippen molar-refractivity contribution in [1.29, 1.82) is 0 Å². The van der Waals surface area contributed by atoms with Crippen LogP contribution in [0.15, 0.2) is 23.1 Å². The zero-order valence-corrected chi connectivity index (χ0v) is 13.5. The van der Waals surface area contributed by atoms with Gasteiger partial charge >= 0.3 is 0 Å². The second kappa shape index (κ2) is 5.59. The van der Waals surface area contributed by atoms with Gasteiger partial charge < -0.3 is 10.2 Å². The standard InChI is InChI=1S/C15H23N3O2S/c1-17(2)13-6-9-18(10-7-13)21(19,20)14-4-3-12-5-8-16-15(12)11-14/h3-4,11,13,16H,5-10H2,1-2H3. The fraction of sp³-hybridized carbons (Fsp3) is 0.600. The summed E-state index contributed by atoms with van der Waals surface area (Å²) in [5.41, 5.74) is 2.18. The van der Waals surface area contributed by atoms with Crippen molar-refractivity contribution < 1.29 is 8.42 Å². The third kappa shape index (κ3) is 2.80. The summed E-state index contributed by atoms with van der Waals surface area (Å²) in [5.74, 6) is 0. The number of sulfonamides is 1. The zero-order chi connectivity index (χ0) is 15.0. The van der Waals surface area contributed by atoms with E-state index in [9.17, 15) is 8.42 Å². The first kappa shape index (κ1) is 14.8. The Morgan fingerprint density at radius 1 is 1.24 bits per heavy atom. The largest absolute Gasteiger partial charge is 0.384 e. The molecule has 0 unspecified atom stereocenters. The second-order valence-electron chi connectivity index (χ2n) is 6.09. The Kier molecular flexibility index (Phi) is 3.94. The van der Waals surface area contributed by atoms with Crippen LogP contribution in [0.5, 0.6) is 0 Å². The van der Waals surface area contributed by atoms with Gasteiger partial charge in [0.15, 0.2) is 0 Å². The maximum Gasteiger partial charge on any atom is 0.243 e. The fourth-order valence-corrected chi connectivity index (χ4v) is 4.67. The van der Waals surface area contributed by atoms with E-state index in [4.69, 9.17) is 0 Å². The normalized spacial score (nSPS) is 20.5. The Morgan fingerprint density at radius 2 is 1.95 bits per heavy atom. The number of hydrogen-bond acceptors (Lipinski definition) is 4. The van der Waals surface area contributed by atoms with E-state index in [-0.39, 0.29) is 0 Å². The Balaban J connectivity index is 1.78. The molecule has 5 nitrogen and oxygen atoms in total. The van der Waals surface area contributed by atoms with Gasteiger partial charge in [-0.15, -0.1) is 0 Å². The van der Waals surface area contributed by atoms with Crippen molar-refractivity contribution in [2.45, 2.75) is 30.2 Å². The summed E-state index contributed by atoms with van der Waals surface area (Å²) >= 11 is 0. The monoisotopic (exact) mass is 309 g/mol. The number of rotatable bonds is 3. The molecule has 0 amide bonds. The molecule has 2 aliphatic rings. The van der Waals surface area contributed by atoms with Crippen molar-refractivity contribution in [3.8, 4) is 0 Å². The fourth-order valence-electron chi connectivity index (χ4n) is 3.18. The lowest BCUT2D eigenvalue weighted by Gasteiger charge is -2.34. The van der Waals surface area contributed by atoms with Crippen molar-refractivity contribution in [1.82, 2.24) is 9.21 Å². The molecule has 0 aliphatic carbocycles. The molecule has 1 N–H and O–H groups in total. The van der Waals surface area contributed by atoms with Gasteiger partial charge in [0.05, 0.1) is 4.90 Å². The van der Waals surface area contributed by atoms with Crippen LogP contribution in [0.2, 0.25) is 0 Å². The van der Waals surface area contributed by atoms with Gasteiger partial charge in [-0.1, -0.05) is 6.07 Å². The van der Waals surface area contributed by atoms with Gasteiger partial charge in [-0.3, -0.25) is 0 Å². The van der Waals surface area contributed by atoms with Gasteiger partial charge in [0.2, 0.25) is 10.0 Å². The molecule has 116 valence electrons. The number of nitrogens with zero attached hydrogens (tertiary/aromatic N) is 2. The summed E-state index contributed by atoms with van der Waals surface area (Å²) < 4.78 is 27.1. The minimum atomic E-state index is -3.36.